The second-order valence-electron chi connectivity index (χ2n) is 5.26. The molecule has 2 rings (SSSR count). The van der Waals surface area contributed by atoms with Crippen LogP contribution in [0.25, 0.3) is 0 Å². The van der Waals surface area contributed by atoms with E-state index in [4.69, 9.17) is 10.8 Å². The van der Waals surface area contributed by atoms with Crippen molar-refractivity contribution in [1.82, 2.24) is 0 Å². The van der Waals surface area contributed by atoms with Gasteiger partial charge in [0.25, 0.3) is 0 Å². The van der Waals surface area contributed by atoms with E-state index in [9.17, 15) is 4.79 Å². The van der Waals surface area contributed by atoms with Gasteiger partial charge in [0.1, 0.15) is 0 Å². The van der Waals surface area contributed by atoms with Crippen LogP contribution in [0.5, 0.6) is 0 Å². The fourth-order valence-electron chi connectivity index (χ4n) is 2.27. The quantitative estimate of drug-likeness (QED) is 0.851. The molecule has 0 aromatic heterocycles. The van der Waals surface area contributed by atoms with Crippen molar-refractivity contribution in [2.45, 2.75) is 32.2 Å². The highest BCUT2D eigenvalue weighted by atomic mass is 16.4. The molecule has 0 spiro atoms. The van der Waals surface area contributed by atoms with Crippen LogP contribution in [0.1, 0.15) is 46.4 Å². The second-order valence-corrected chi connectivity index (χ2v) is 5.26. The lowest BCUT2D eigenvalue weighted by Gasteiger charge is -2.10. The first-order valence-electron chi connectivity index (χ1n) is 7.26. The maximum atomic E-state index is 10.8. The summed E-state index contributed by atoms with van der Waals surface area (Å²) < 4.78 is 0. The molecule has 3 nitrogen and oxygen atoms in total. The number of carboxylic acids is 1. The lowest BCUT2D eigenvalue weighted by Crippen LogP contribution is -2.08. The Kier molecular flexibility index (Phi) is 5.12. The van der Waals surface area contributed by atoms with Gasteiger partial charge in [0.15, 0.2) is 0 Å². The smallest absolute Gasteiger partial charge is 0.335 e. The number of hydrogen-bond donors (Lipinski definition) is 2. The Labute approximate surface area is 125 Å². The summed E-state index contributed by atoms with van der Waals surface area (Å²) in [6, 6.07) is 15.6. The number of rotatable bonds is 6. The molecular weight excluding hydrogens is 262 g/mol. The van der Waals surface area contributed by atoms with Gasteiger partial charge in [-0.3, -0.25) is 0 Å². The summed E-state index contributed by atoms with van der Waals surface area (Å²) in [6.07, 6.45) is 2.78. The molecule has 2 aromatic rings. The van der Waals surface area contributed by atoms with Crippen LogP contribution in [0.15, 0.2) is 48.5 Å². The minimum Gasteiger partial charge on any atom is -0.478 e. The van der Waals surface area contributed by atoms with Gasteiger partial charge in [-0.2, -0.15) is 0 Å². The van der Waals surface area contributed by atoms with E-state index >= 15 is 0 Å². The number of nitrogens with two attached hydrogens (primary N) is 1. The minimum absolute atomic E-state index is 0.114. The van der Waals surface area contributed by atoms with Crippen molar-refractivity contribution in [3.8, 4) is 0 Å². The minimum atomic E-state index is -0.885. The van der Waals surface area contributed by atoms with Crippen molar-refractivity contribution < 1.29 is 9.90 Å². The third-order valence-corrected chi connectivity index (χ3v) is 3.75. The number of aromatic carboxylic acids is 1. The standard InChI is InChI=1S/C18H21NO2/c1-2-17(19)15-9-5-13(6-10-15)3-4-14-7-11-16(12-8-14)18(20)21/h5-12,17H,2-4,19H2,1H3,(H,20,21). The summed E-state index contributed by atoms with van der Waals surface area (Å²) in [5, 5.41) is 8.86. The molecule has 0 aliphatic rings. The van der Waals surface area contributed by atoms with Crippen molar-refractivity contribution in [1.29, 1.82) is 0 Å². The van der Waals surface area contributed by atoms with Gasteiger partial charge in [-0.05, 0) is 48.1 Å². The topological polar surface area (TPSA) is 63.3 Å². The van der Waals surface area contributed by atoms with Crippen molar-refractivity contribution in [2.24, 2.45) is 5.73 Å². The van der Waals surface area contributed by atoms with Gasteiger partial charge in [0.2, 0.25) is 0 Å². The zero-order valence-corrected chi connectivity index (χ0v) is 12.3. The van der Waals surface area contributed by atoms with E-state index in [0.717, 1.165) is 24.8 Å². The predicted molar refractivity (Wildman–Crippen MR) is 84.5 cm³/mol. The molecule has 0 amide bonds. The van der Waals surface area contributed by atoms with Crippen LogP contribution < -0.4 is 5.73 Å². The molecule has 0 radical (unpaired) electrons. The predicted octanol–water partition coefficient (Wildman–Crippen LogP) is 3.58. The highest BCUT2D eigenvalue weighted by molar-refractivity contribution is 5.87. The second kappa shape index (κ2) is 7.04. The van der Waals surface area contributed by atoms with E-state index in [2.05, 4.69) is 31.2 Å². The summed E-state index contributed by atoms with van der Waals surface area (Å²) in [7, 11) is 0. The van der Waals surface area contributed by atoms with E-state index in [1.165, 1.54) is 11.1 Å². The Morgan fingerprint density at radius 1 is 1.00 bits per heavy atom. The monoisotopic (exact) mass is 283 g/mol. The van der Waals surface area contributed by atoms with Crippen LogP contribution in [0.2, 0.25) is 0 Å². The molecule has 0 bridgehead atoms. The maximum Gasteiger partial charge on any atom is 0.335 e. The van der Waals surface area contributed by atoms with E-state index in [1.807, 2.05) is 12.1 Å². The van der Waals surface area contributed by atoms with E-state index in [1.54, 1.807) is 12.1 Å². The summed E-state index contributed by atoms with van der Waals surface area (Å²) in [5.41, 5.74) is 9.92. The molecule has 1 atom stereocenters. The molecule has 1 unspecified atom stereocenters. The zero-order valence-electron chi connectivity index (χ0n) is 12.3. The van der Waals surface area contributed by atoms with Gasteiger partial charge in [-0.15, -0.1) is 0 Å². The fourth-order valence-corrected chi connectivity index (χ4v) is 2.27. The van der Waals surface area contributed by atoms with Gasteiger partial charge in [0, 0.05) is 6.04 Å². The van der Waals surface area contributed by atoms with Gasteiger partial charge < -0.3 is 10.8 Å². The van der Waals surface area contributed by atoms with Crippen molar-refractivity contribution in [3.05, 3.63) is 70.8 Å². The molecule has 0 saturated carbocycles. The summed E-state index contributed by atoms with van der Waals surface area (Å²) in [5.74, 6) is -0.885. The van der Waals surface area contributed by atoms with E-state index < -0.39 is 5.97 Å². The molecule has 0 aliphatic heterocycles. The lowest BCUT2D eigenvalue weighted by molar-refractivity contribution is 0.0697. The Balaban J connectivity index is 1.95. The van der Waals surface area contributed by atoms with Crippen LogP contribution in [-0.2, 0) is 12.8 Å². The van der Waals surface area contributed by atoms with Gasteiger partial charge in [-0.1, -0.05) is 43.3 Å². The molecule has 3 heteroatoms. The Morgan fingerprint density at radius 3 is 1.90 bits per heavy atom. The average molecular weight is 283 g/mol. The molecule has 110 valence electrons. The third kappa shape index (κ3) is 4.17. The summed E-state index contributed by atoms with van der Waals surface area (Å²) in [6.45, 7) is 2.08. The summed E-state index contributed by atoms with van der Waals surface area (Å²) in [4.78, 5) is 10.8. The molecule has 3 N–H and O–H groups in total. The normalized spacial score (nSPS) is 12.1. The van der Waals surface area contributed by atoms with Crippen molar-refractivity contribution >= 4 is 5.97 Å². The molecule has 0 fully saturated rings. The molecule has 0 aliphatic carbocycles. The van der Waals surface area contributed by atoms with Crippen LogP contribution in [0, 0.1) is 0 Å². The third-order valence-electron chi connectivity index (χ3n) is 3.75. The largest absolute Gasteiger partial charge is 0.478 e. The number of aryl methyl sites for hydroxylation is 2. The molecular formula is C18H21NO2. The lowest BCUT2D eigenvalue weighted by atomic mass is 10.00. The highest BCUT2D eigenvalue weighted by Gasteiger charge is 2.04. The maximum absolute atomic E-state index is 10.8. The Bertz CT molecular complexity index is 588. The summed E-state index contributed by atoms with van der Waals surface area (Å²) >= 11 is 0. The zero-order chi connectivity index (χ0) is 15.2. The van der Waals surface area contributed by atoms with E-state index in [-0.39, 0.29) is 6.04 Å². The SMILES string of the molecule is CCC(N)c1ccc(CCc2ccc(C(=O)O)cc2)cc1. The van der Waals surface area contributed by atoms with Crippen LogP contribution in [-0.4, -0.2) is 11.1 Å². The number of carbonyl (C=O) groups is 1. The molecule has 0 saturated heterocycles. The van der Waals surface area contributed by atoms with Crippen molar-refractivity contribution in [3.63, 3.8) is 0 Å². The first-order valence-corrected chi connectivity index (χ1v) is 7.26. The van der Waals surface area contributed by atoms with Gasteiger partial charge >= 0.3 is 5.97 Å². The fraction of sp³-hybridized carbons (Fsp3) is 0.278. The van der Waals surface area contributed by atoms with Crippen molar-refractivity contribution in [2.75, 3.05) is 0 Å². The first kappa shape index (κ1) is 15.3. The number of benzene rings is 2. The molecule has 21 heavy (non-hydrogen) atoms. The highest BCUT2D eigenvalue weighted by Crippen LogP contribution is 2.16. The number of carboxylic acid groups (broad SMARTS) is 1. The number of hydrogen-bond acceptors (Lipinski definition) is 2. The van der Waals surface area contributed by atoms with Crippen LogP contribution >= 0.6 is 0 Å². The average Bonchev–Trinajstić information content (AvgIpc) is 2.53. The first-order chi connectivity index (χ1) is 10.1. The molecule has 0 heterocycles. The van der Waals surface area contributed by atoms with Crippen LogP contribution in [0.4, 0.5) is 0 Å². The Morgan fingerprint density at radius 2 is 1.48 bits per heavy atom. The van der Waals surface area contributed by atoms with E-state index in [0.29, 0.717) is 5.56 Å². The van der Waals surface area contributed by atoms with Gasteiger partial charge in [0.05, 0.1) is 5.56 Å². The molecule has 2 aromatic carbocycles. The Hall–Kier alpha value is -2.13. The van der Waals surface area contributed by atoms with Crippen LogP contribution in [0.3, 0.4) is 0 Å². The van der Waals surface area contributed by atoms with Gasteiger partial charge in [-0.25, -0.2) is 4.79 Å².